The fraction of sp³-hybridized carbons (Fsp3) is 0.200. The van der Waals surface area contributed by atoms with Crippen LogP contribution in [-0.2, 0) is 14.3 Å². The molecule has 0 aromatic heterocycles. The highest BCUT2D eigenvalue weighted by Gasteiger charge is 2.28. The van der Waals surface area contributed by atoms with Crippen molar-refractivity contribution in [3.05, 3.63) is 63.8 Å². The average Bonchev–Trinajstić information content (AvgIpc) is 2.75. The summed E-state index contributed by atoms with van der Waals surface area (Å²) < 4.78 is 11.7. The Morgan fingerprint density at radius 3 is 2.50 bits per heavy atom. The molecular weight excluding hydrogens is 523 g/mol. The maximum Gasteiger partial charge on any atom is 0.412 e. The van der Waals surface area contributed by atoms with Gasteiger partial charge in [-0.25, -0.2) is 10.3 Å². The fourth-order valence-electron chi connectivity index (χ4n) is 2.52. The lowest BCUT2D eigenvalue weighted by Gasteiger charge is -2.25. The number of hydrogen-bond donors (Lipinski definition) is 4. The van der Waals surface area contributed by atoms with Gasteiger partial charge in [-0.2, -0.15) is 0 Å². The summed E-state index contributed by atoms with van der Waals surface area (Å²) >= 11 is 3.64. The second-order valence-corrected chi connectivity index (χ2v) is 8.04. The van der Waals surface area contributed by atoms with Crippen molar-refractivity contribution in [3.63, 3.8) is 0 Å². The first-order valence-electron chi connectivity index (χ1n) is 8.63. The van der Waals surface area contributed by atoms with Crippen molar-refractivity contribution in [2.24, 2.45) is 0 Å². The molecule has 0 unspecified atom stereocenters. The van der Waals surface area contributed by atoms with E-state index in [2.05, 4.69) is 27.9 Å². The topological polar surface area (TPSA) is 117 Å². The zero-order valence-electron chi connectivity index (χ0n) is 16.2. The number of rotatable bonds is 8. The van der Waals surface area contributed by atoms with E-state index in [-0.39, 0.29) is 5.75 Å². The zero-order valence-corrected chi connectivity index (χ0v) is 19.1. The van der Waals surface area contributed by atoms with E-state index in [1.165, 1.54) is 24.7 Å². The number of anilines is 1. The maximum absolute atomic E-state index is 12.5. The van der Waals surface area contributed by atoms with E-state index in [4.69, 9.17) is 14.7 Å². The molecule has 0 aliphatic heterocycles. The van der Waals surface area contributed by atoms with Gasteiger partial charge in [0.1, 0.15) is 11.9 Å². The Morgan fingerprint density at radius 2 is 1.90 bits per heavy atom. The second-order valence-electron chi connectivity index (χ2n) is 5.92. The average molecular weight is 544 g/mol. The number of carbonyl (C=O) groups excluding carboxylic acids is 2. The summed E-state index contributed by atoms with van der Waals surface area (Å²) in [6.07, 6.45) is 1.54. The summed E-state index contributed by atoms with van der Waals surface area (Å²) in [5, 5.41) is 21.6. The first kappa shape index (κ1) is 24.0. The molecule has 2 amide bonds. The van der Waals surface area contributed by atoms with Crippen molar-refractivity contribution >= 4 is 52.0 Å². The first-order chi connectivity index (χ1) is 14.4. The minimum atomic E-state index is -1.07. The third-order valence-electron chi connectivity index (χ3n) is 3.98. The quantitative estimate of drug-likeness (QED) is 0.130. The Kier molecular flexibility index (Phi) is 9.43. The number of aromatic hydroxyl groups is 1. The minimum Gasteiger partial charge on any atom is -0.508 e. The van der Waals surface area contributed by atoms with Crippen molar-refractivity contribution < 1.29 is 29.4 Å². The minimum absolute atomic E-state index is 0.0976. The molecule has 0 fully saturated rings. The van der Waals surface area contributed by atoms with E-state index in [1.807, 2.05) is 18.4 Å². The van der Waals surface area contributed by atoms with E-state index >= 15 is 0 Å². The number of hydrogen-bond acceptors (Lipinski definition) is 7. The number of carbonyl (C=O) groups is 2. The van der Waals surface area contributed by atoms with Gasteiger partial charge < -0.3 is 14.6 Å². The predicted molar refractivity (Wildman–Crippen MR) is 122 cm³/mol. The highest BCUT2D eigenvalue weighted by atomic mass is 127. The molecule has 4 N–H and O–H groups in total. The standard InChI is InChI=1S/C20H21IN2O6S/c1-28-17(9-10-18(25)23-27)19(15-11-12(21)3-8-16(15)24)29-20(26)22-13-4-6-14(30-2)7-5-13/h3-11,17,19,24,27H,1-2H3,(H,22,26)(H,23,25)/b10-9+/t17-,19-/m0/s1. The van der Waals surface area contributed by atoms with Crippen LogP contribution in [-0.4, -0.2) is 41.8 Å². The first-order valence-corrected chi connectivity index (χ1v) is 10.9. The highest BCUT2D eigenvalue weighted by Crippen LogP contribution is 2.33. The van der Waals surface area contributed by atoms with Gasteiger partial charge in [0.25, 0.3) is 5.91 Å². The molecule has 2 aromatic carbocycles. The lowest BCUT2D eigenvalue weighted by atomic mass is 10.0. The molecule has 0 saturated heterocycles. The number of hydroxylamine groups is 1. The molecular formula is C20H21IN2O6S. The van der Waals surface area contributed by atoms with Crippen molar-refractivity contribution in [3.8, 4) is 5.75 Å². The van der Waals surface area contributed by atoms with Crippen LogP contribution in [0, 0.1) is 3.57 Å². The van der Waals surface area contributed by atoms with E-state index < -0.39 is 24.2 Å². The normalized spacial score (nSPS) is 12.9. The van der Waals surface area contributed by atoms with Gasteiger partial charge in [0.15, 0.2) is 6.10 Å². The van der Waals surface area contributed by atoms with Crippen LogP contribution in [0.4, 0.5) is 10.5 Å². The largest absolute Gasteiger partial charge is 0.508 e. The van der Waals surface area contributed by atoms with E-state index in [0.29, 0.717) is 11.3 Å². The zero-order chi connectivity index (χ0) is 22.1. The molecule has 0 spiro atoms. The Balaban J connectivity index is 2.29. The number of thioether (sulfide) groups is 1. The molecule has 0 bridgehead atoms. The predicted octanol–water partition coefficient (Wildman–Crippen LogP) is 4.09. The summed E-state index contributed by atoms with van der Waals surface area (Å²) in [6.45, 7) is 0. The van der Waals surface area contributed by atoms with Gasteiger partial charge in [-0.3, -0.25) is 15.3 Å². The second kappa shape index (κ2) is 11.8. The smallest absolute Gasteiger partial charge is 0.412 e. The van der Waals surface area contributed by atoms with Crippen LogP contribution in [0.3, 0.4) is 0 Å². The van der Waals surface area contributed by atoms with Gasteiger partial charge in [-0.05, 0) is 77.4 Å². The lowest BCUT2D eigenvalue weighted by Crippen LogP contribution is -2.27. The number of halogens is 1. The number of methoxy groups -OCH3 is 1. The molecule has 0 aliphatic carbocycles. The molecule has 0 heterocycles. The van der Waals surface area contributed by atoms with Crippen molar-refractivity contribution in [2.45, 2.75) is 17.1 Å². The molecule has 0 saturated carbocycles. The Hall–Kier alpha value is -2.28. The third-order valence-corrected chi connectivity index (χ3v) is 5.40. The number of amides is 2. The number of phenols is 1. The molecule has 2 aromatic rings. The van der Waals surface area contributed by atoms with Gasteiger partial charge in [0, 0.05) is 32.9 Å². The summed E-state index contributed by atoms with van der Waals surface area (Å²) in [5.41, 5.74) is 2.31. The fourth-order valence-corrected chi connectivity index (χ4v) is 3.44. The van der Waals surface area contributed by atoms with Crippen LogP contribution < -0.4 is 10.8 Å². The summed E-state index contributed by atoms with van der Waals surface area (Å²) in [6, 6.07) is 12.0. The molecule has 2 atom stereocenters. The molecule has 8 nitrogen and oxygen atoms in total. The molecule has 30 heavy (non-hydrogen) atoms. The summed E-state index contributed by atoms with van der Waals surface area (Å²) in [7, 11) is 1.37. The number of nitrogens with one attached hydrogen (secondary N) is 2. The van der Waals surface area contributed by atoms with Crippen LogP contribution in [0.15, 0.2) is 59.5 Å². The molecule has 10 heteroatoms. The molecule has 0 aliphatic rings. The van der Waals surface area contributed by atoms with Crippen molar-refractivity contribution in [2.75, 3.05) is 18.7 Å². The lowest BCUT2D eigenvalue weighted by molar-refractivity contribution is -0.124. The third kappa shape index (κ3) is 6.90. The molecule has 160 valence electrons. The van der Waals surface area contributed by atoms with Gasteiger partial charge in [-0.1, -0.05) is 0 Å². The highest BCUT2D eigenvalue weighted by molar-refractivity contribution is 14.1. The SMILES string of the molecule is CO[C@@H](/C=C/C(=O)NO)[C@@H](OC(=O)Nc1ccc(SC)cc1)c1cc(I)ccc1O. The Bertz CT molecular complexity index is 907. The van der Waals surface area contributed by atoms with E-state index in [0.717, 1.165) is 14.5 Å². The van der Waals surface area contributed by atoms with Crippen LogP contribution in [0.25, 0.3) is 0 Å². The summed E-state index contributed by atoms with van der Waals surface area (Å²) in [5.74, 6) is -0.874. The van der Waals surface area contributed by atoms with Gasteiger partial charge >= 0.3 is 6.09 Å². The van der Waals surface area contributed by atoms with Gasteiger partial charge in [0.2, 0.25) is 0 Å². The van der Waals surface area contributed by atoms with Crippen LogP contribution in [0.1, 0.15) is 11.7 Å². The number of benzene rings is 2. The van der Waals surface area contributed by atoms with Crippen molar-refractivity contribution in [1.82, 2.24) is 5.48 Å². The molecule has 0 radical (unpaired) electrons. The Labute approximate surface area is 191 Å². The summed E-state index contributed by atoms with van der Waals surface area (Å²) in [4.78, 5) is 24.9. The molecule has 2 rings (SSSR count). The Morgan fingerprint density at radius 1 is 1.20 bits per heavy atom. The van der Waals surface area contributed by atoms with E-state index in [1.54, 1.807) is 36.0 Å². The van der Waals surface area contributed by atoms with Gasteiger partial charge in [-0.15, -0.1) is 11.8 Å². The van der Waals surface area contributed by atoms with Gasteiger partial charge in [0.05, 0.1) is 0 Å². The number of ether oxygens (including phenoxy) is 2. The van der Waals surface area contributed by atoms with Crippen LogP contribution in [0.5, 0.6) is 5.75 Å². The monoisotopic (exact) mass is 544 g/mol. The number of phenolic OH excluding ortho intramolecular Hbond substituents is 1. The van der Waals surface area contributed by atoms with Crippen LogP contribution >= 0.6 is 34.4 Å². The maximum atomic E-state index is 12.5. The van der Waals surface area contributed by atoms with Crippen molar-refractivity contribution in [1.29, 1.82) is 0 Å². The van der Waals surface area contributed by atoms with E-state index in [9.17, 15) is 14.7 Å². The van der Waals surface area contributed by atoms with Crippen LogP contribution in [0.2, 0.25) is 0 Å².